The molecule has 3 N–H and O–H groups in total. The van der Waals surface area contributed by atoms with E-state index in [0.29, 0.717) is 25.7 Å². The predicted octanol–water partition coefficient (Wildman–Crippen LogP) is 28.1. The highest BCUT2D eigenvalue weighted by Gasteiger charge is 2.30. The summed E-state index contributed by atoms with van der Waals surface area (Å²) >= 11 is 0. The quantitative estimate of drug-likeness (QED) is 0.0222. The molecule has 0 saturated carbocycles. The Morgan fingerprint density at radius 3 is 0.541 bits per heavy atom. The minimum atomic E-state index is -4.97. The van der Waals surface area contributed by atoms with E-state index in [2.05, 4.69) is 27.7 Å². The number of esters is 4. The van der Waals surface area contributed by atoms with Gasteiger partial charge >= 0.3 is 39.5 Å². The third-order valence-corrected chi connectivity index (χ3v) is 23.3. The van der Waals surface area contributed by atoms with E-state index in [0.717, 1.165) is 89.9 Å². The Balaban J connectivity index is 5.16. The van der Waals surface area contributed by atoms with Gasteiger partial charge in [0, 0.05) is 25.7 Å². The van der Waals surface area contributed by atoms with Gasteiger partial charge in [0.15, 0.2) is 12.2 Å². The van der Waals surface area contributed by atoms with Gasteiger partial charge in [-0.3, -0.25) is 37.3 Å². The Morgan fingerprint density at radius 1 is 0.220 bits per heavy atom. The van der Waals surface area contributed by atoms with E-state index in [9.17, 15) is 43.2 Å². The molecule has 109 heavy (non-hydrogen) atoms. The first-order valence-electron chi connectivity index (χ1n) is 46.8. The maximum Gasteiger partial charge on any atom is 0.472 e. The number of carbonyl (C=O) groups is 4. The van der Waals surface area contributed by atoms with E-state index >= 15 is 0 Å². The van der Waals surface area contributed by atoms with E-state index in [1.165, 1.54) is 327 Å². The molecule has 2 unspecified atom stereocenters. The number of phosphoric acid groups is 2. The van der Waals surface area contributed by atoms with Crippen LogP contribution in [0.1, 0.15) is 496 Å². The van der Waals surface area contributed by atoms with Crippen LogP contribution in [0.3, 0.4) is 0 Å². The largest absolute Gasteiger partial charge is 0.472 e. The second kappa shape index (κ2) is 84.0. The van der Waals surface area contributed by atoms with Crippen LogP contribution in [-0.4, -0.2) is 96.7 Å². The predicted molar refractivity (Wildman–Crippen MR) is 451 cm³/mol. The van der Waals surface area contributed by atoms with Gasteiger partial charge in [-0.2, -0.15) is 0 Å². The van der Waals surface area contributed by atoms with Gasteiger partial charge in [0.1, 0.15) is 19.3 Å². The van der Waals surface area contributed by atoms with E-state index in [1.807, 2.05) is 0 Å². The number of carbonyl (C=O) groups excluding carboxylic acids is 4. The standard InChI is InChI=1S/C90H176O17P2/c1-5-9-13-17-21-25-28-31-34-37-40-42-45-47-50-53-56-59-63-67-71-75-88(93)101-81-86(107-90(95)77-73-69-65-61-58-55-52-49-46-43-41-38-35-32-29-26-22-18-14-10-6-2)83-105-109(98,99)103-79-84(91)78-102-108(96,97)104-82-85(80-100-87(92)74-70-66-62-24-20-16-12-8-4)106-89(94)76-72-68-64-60-57-54-51-48-44-39-36-33-30-27-23-19-15-11-7-3/h84-86,91H,5-83H2,1-4H3,(H,96,97)(H,98,99)/t84-,85+,86+/m0/s1. The zero-order chi connectivity index (χ0) is 79.6. The van der Waals surface area contributed by atoms with Gasteiger partial charge in [-0.15, -0.1) is 0 Å². The monoisotopic (exact) mass is 1590 g/mol. The number of unbranched alkanes of at least 4 members (excludes halogenated alkanes) is 65. The Kier molecular flexibility index (Phi) is 82.5. The summed E-state index contributed by atoms with van der Waals surface area (Å²) < 4.78 is 68.9. The molecule has 0 radical (unpaired) electrons. The fourth-order valence-electron chi connectivity index (χ4n) is 14.2. The molecular weight excluding hydrogens is 1410 g/mol. The number of phosphoric ester groups is 2. The van der Waals surface area contributed by atoms with Crippen molar-refractivity contribution in [3.8, 4) is 0 Å². The van der Waals surface area contributed by atoms with Crippen LogP contribution in [0.2, 0.25) is 0 Å². The van der Waals surface area contributed by atoms with Crippen LogP contribution in [0.15, 0.2) is 0 Å². The first-order valence-corrected chi connectivity index (χ1v) is 49.8. The van der Waals surface area contributed by atoms with Gasteiger partial charge in [0.2, 0.25) is 0 Å². The molecule has 0 aliphatic rings. The van der Waals surface area contributed by atoms with Crippen LogP contribution in [0.5, 0.6) is 0 Å². The lowest BCUT2D eigenvalue weighted by molar-refractivity contribution is -0.161. The Hall–Kier alpha value is -1.94. The van der Waals surface area contributed by atoms with Crippen molar-refractivity contribution in [1.29, 1.82) is 0 Å². The van der Waals surface area contributed by atoms with Crippen molar-refractivity contribution < 1.29 is 80.2 Å². The summed E-state index contributed by atoms with van der Waals surface area (Å²) in [6.45, 7) is 5.05. The Labute approximate surface area is 670 Å². The van der Waals surface area contributed by atoms with Gasteiger partial charge in [0.05, 0.1) is 26.4 Å². The molecule has 0 heterocycles. The average molecular weight is 1590 g/mol. The van der Waals surface area contributed by atoms with Crippen LogP contribution in [-0.2, 0) is 65.4 Å². The van der Waals surface area contributed by atoms with Crippen molar-refractivity contribution in [3.63, 3.8) is 0 Å². The van der Waals surface area contributed by atoms with Crippen LogP contribution in [0, 0.1) is 0 Å². The number of hydrogen-bond acceptors (Lipinski definition) is 15. The van der Waals surface area contributed by atoms with Crippen molar-refractivity contribution in [2.45, 2.75) is 515 Å². The number of rotatable bonds is 91. The van der Waals surface area contributed by atoms with Crippen molar-refractivity contribution in [3.05, 3.63) is 0 Å². The van der Waals surface area contributed by atoms with Crippen LogP contribution < -0.4 is 0 Å². The molecule has 19 heteroatoms. The molecule has 0 rings (SSSR count). The Morgan fingerprint density at radius 2 is 0.367 bits per heavy atom. The van der Waals surface area contributed by atoms with Crippen LogP contribution in [0.4, 0.5) is 0 Å². The molecule has 648 valence electrons. The lowest BCUT2D eigenvalue weighted by atomic mass is 10.0. The molecule has 0 bridgehead atoms. The summed E-state index contributed by atoms with van der Waals surface area (Å²) in [5, 5.41) is 10.7. The topological polar surface area (TPSA) is 237 Å². The third kappa shape index (κ3) is 83.8. The van der Waals surface area contributed by atoms with Gasteiger partial charge in [-0.1, -0.05) is 445 Å². The lowest BCUT2D eigenvalue weighted by Gasteiger charge is -2.21. The maximum absolute atomic E-state index is 13.2. The minimum Gasteiger partial charge on any atom is -0.462 e. The number of aliphatic hydroxyl groups excluding tert-OH is 1. The molecule has 0 fully saturated rings. The molecule has 0 aliphatic carbocycles. The SMILES string of the molecule is CCCCCCCCCCCCCCCCCCCCCCCC(=O)OC[C@H](COP(=O)(O)OC[C@@H](O)COP(=O)(O)OC[C@@H](COC(=O)CCCCCCCCCC)OC(=O)CCCCCCCCCCCCCCCCCCCCC)OC(=O)CCCCCCCCCCCCCCCCCCCCCCC. The third-order valence-electron chi connectivity index (χ3n) is 21.4. The summed E-state index contributed by atoms with van der Waals surface area (Å²) in [6, 6.07) is 0. The summed E-state index contributed by atoms with van der Waals surface area (Å²) in [5.41, 5.74) is 0. The summed E-state index contributed by atoms with van der Waals surface area (Å²) in [4.78, 5) is 73.2. The van der Waals surface area contributed by atoms with Crippen LogP contribution in [0.25, 0.3) is 0 Å². The highest BCUT2D eigenvalue weighted by Crippen LogP contribution is 2.45. The second-order valence-electron chi connectivity index (χ2n) is 32.3. The molecule has 0 saturated heterocycles. The van der Waals surface area contributed by atoms with E-state index < -0.39 is 97.5 Å². The summed E-state index contributed by atoms with van der Waals surface area (Å²) in [5.74, 6) is -2.10. The summed E-state index contributed by atoms with van der Waals surface area (Å²) in [6.07, 6.45) is 80.9. The van der Waals surface area contributed by atoms with Crippen LogP contribution >= 0.6 is 15.6 Å². The number of hydrogen-bond donors (Lipinski definition) is 3. The minimum absolute atomic E-state index is 0.109. The van der Waals surface area contributed by atoms with Crippen molar-refractivity contribution in [2.75, 3.05) is 39.6 Å². The van der Waals surface area contributed by atoms with Crippen molar-refractivity contribution >= 4 is 39.5 Å². The second-order valence-corrected chi connectivity index (χ2v) is 35.3. The Bertz CT molecular complexity index is 2050. The summed E-state index contributed by atoms with van der Waals surface area (Å²) in [7, 11) is -9.93. The van der Waals surface area contributed by atoms with E-state index in [-0.39, 0.29) is 25.7 Å². The molecule has 0 amide bonds. The first-order chi connectivity index (χ1) is 53.2. The molecule has 17 nitrogen and oxygen atoms in total. The fourth-order valence-corrected chi connectivity index (χ4v) is 15.8. The van der Waals surface area contributed by atoms with Crippen molar-refractivity contribution in [2.24, 2.45) is 0 Å². The van der Waals surface area contributed by atoms with Gasteiger partial charge in [-0.05, 0) is 25.7 Å². The molecular formula is C90H176O17P2. The smallest absolute Gasteiger partial charge is 0.462 e. The first kappa shape index (κ1) is 107. The average Bonchev–Trinajstić information content (AvgIpc) is 0.946. The molecule has 0 aliphatic heterocycles. The maximum atomic E-state index is 13.2. The zero-order valence-corrected chi connectivity index (χ0v) is 73.3. The number of aliphatic hydroxyl groups is 1. The molecule has 5 atom stereocenters. The van der Waals surface area contributed by atoms with E-state index in [4.69, 9.17) is 37.0 Å². The molecule has 0 spiro atoms. The number of ether oxygens (including phenoxy) is 4. The van der Waals surface area contributed by atoms with Crippen molar-refractivity contribution in [1.82, 2.24) is 0 Å². The van der Waals surface area contributed by atoms with Gasteiger partial charge < -0.3 is 33.8 Å². The molecule has 0 aromatic carbocycles. The molecule has 0 aromatic heterocycles. The van der Waals surface area contributed by atoms with Gasteiger partial charge in [0.25, 0.3) is 0 Å². The lowest BCUT2D eigenvalue weighted by Crippen LogP contribution is -2.30. The highest BCUT2D eigenvalue weighted by atomic mass is 31.2. The molecule has 0 aromatic rings. The van der Waals surface area contributed by atoms with E-state index in [1.54, 1.807) is 0 Å². The van der Waals surface area contributed by atoms with Gasteiger partial charge in [-0.25, -0.2) is 9.13 Å². The highest BCUT2D eigenvalue weighted by molar-refractivity contribution is 7.47. The normalized spacial score (nSPS) is 13.6. The zero-order valence-electron chi connectivity index (χ0n) is 71.5. The fraction of sp³-hybridized carbons (Fsp3) is 0.956.